The molecule has 0 unspecified atom stereocenters. The Balaban J connectivity index is 1.62. The molecule has 1 aliphatic heterocycles. The van der Waals surface area contributed by atoms with Crippen LogP contribution in [0.4, 0.5) is 10.3 Å². The van der Waals surface area contributed by atoms with Gasteiger partial charge in [0.05, 0.1) is 30.7 Å². The van der Waals surface area contributed by atoms with Gasteiger partial charge in [0.15, 0.2) is 5.65 Å². The first-order valence-electron chi connectivity index (χ1n) is 10.5. The normalized spacial score (nSPS) is 16.7. The summed E-state index contributed by atoms with van der Waals surface area (Å²) in [6.07, 6.45) is 3.60. The third kappa shape index (κ3) is 3.69. The van der Waals surface area contributed by atoms with E-state index in [0.717, 1.165) is 22.5 Å². The van der Waals surface area contributed by atoms with Gasteiger partial charge in [-0.15, -0.1) is 0 Å². The number of rotatable bonds is 3. The van der Waals surface area contributed by atoms with E-state index in [9.17, 15) is 4.39 Å². The molecule has 4 aromatic rings. The molecule has 1 fully saturated rings. The summed E-state index contributed by atoms with van der Waals surface area (Å²) in [7, 11) is 1.88. The van der Waals surface area contributed by atoms with Gasteiger partial charge in [-0.3, -0.25) is 4.68 Å². The Morgan fingerprint density at radius 3 is 2.62 bits per heavy atom. The fourth-order valence-electron chi connectivity index (χ4n) is 3.88. The number of ether oxygens (including phenoxy) is 1. The summed E-state index contributed by atoms with van der Waals surface area (Å²) < 4.78 is 22.7. The van der Waals surface area contributed by atoms with Gasteiger partial charge in [-0.1, -0.05) is 6.07 Å². The molecular weight excluding hydrogens is 409 g/mol. The lowest BCUT2D eigenvalue weighted by molar-refractivity contribution is 0.0392. The monoisotopic (exact) mass is 433 g/mol. The zero-order chi connectivity index (χ0) is 22.4. The number of nitrogens with zero attached hydrogens (tertiary/aromatic N) is 7. The van der Waals surface area contributed by atoms with E-state index in [2.05, 4.69) is 15.1 Å². The van der Waals surface area contributed by atoms with E-state index in [0.29, 0.717) is 48.1 Å². The largest absolute Gasteiger partial charge is 0.370 e. The molecular formula is C23H24FN7O. The third-order valence-corrected chi connectivity index (χ3v) is 5.76. The summed E-state index contributed by atoms with van der Waals surface area (Å²) in [6, 6.07) is 5.11. The summed E-state index contributed by atoms with van der Waals surface area (Å²) in [5.74, 6) is 0.147. The smallest absolute Gasteiger partial charge is 0.228 e. The van der Waals surface area contributed by atoms with Crippen LogP contribution in [0.5, 0.6) is 0 Å². The molecule has 0 bridgehead atoms. The lowest BCUT2D eigenvalue weighted by Crippen LogP contribution is -2.39. The number of aryl methyl sites for hydroxylation is 4. The van der Waals surface area contributed by atoms with Crippen molar-refractivity contribution in [1.29, 1.82) is 0 Å². The predicted molar refractivity (Wildman–Crippen MR) is 119 cm³/mol. The number of aromatic nitrogens is 6. The van der Waals surface area contributed by atoms with Crippen LogP contribution in [0, 0.1) is 26.6 Å². The second-order valence-corrected chi connectivity index (χ2v) is 8.17. The van der Waals surface area contributed by atoms with Crippen LogP contribution < -0.4 is 4.90 Å². The van der Waals surface area contributed by atoms with Crippen molar-refractivity contribution in [2.75, 3.05) is 24.6 Å². The van der Waals surface area contributed by atoms with E-state index in [4.69, 9.17) is 14.7 Å². The maximum absolute atomic E-state index is 15.0. The van der Waals surface area contributed by atoms with Gasteiger partial charge in [0.1, 0.15) is 23.1 Å². The van der Waals surface area contributed by atoms with Crippen molar-refractivity contribution >= 4 is 17.1 Å². The van der Waals surface area contributed by atoms with Crippen LogP contribution in [-0.2, 0) is 11.8 Å². The Morgan fingerprint density at radius 1 is 1.06 bits per heavy atom. The van der Waals surface area contributed by atoms with Gasteiger partial charge in [-0.25, -0.2) is 19.3 Å². The van der Waals surface area contributed by atoms with Crippen LogP contribution in [0.2, 0.25) is 0 Å². The topological polar surface area (TPSA) is 81.9 Å². The van der Waals surface area contributed by atoms with Crippen molar-refractivity contribution in [2.45, 2.75) is 26.9 Å². The van der Waals surface area contributed by atoms with Crippen LogP contribution >= 0.6 is 0 Å². The quantitative estimate of drug-likeness (QED) is 0.489. The van der Waals surface area contributed by atoms with E-state index in [1.165, 1.54) is 6.07 Å². The van der Waals surface area contributed by atoms with Crippen molar-refractivity contribution in [3.05, 3.63) is 58.9 Å². The molecule has 0 N–H and O–H groups in total. The summed E-state index contributed by atoms with van der Waals surface area (Å²) in [6.45, 7) is 7.33. The van der Waals surface area contributed by atoms with Gasteiger partial charge in [0, 0.05) is 30.9 Å². The van der Waals surface area contributed by atoms with Crippen molar-refractivity contribution in [2.24, 2.45) is 7.05 Å². The van der Waals surface area contributed by atoms with E-state index in [1.807, 2.05) is 45.0 Å². The summed E-state index contributed by atoms with van der Waals surface area (Å²) in [5.41, 5.74) is 5.18. The van der Waals surface area contributed by atoms with Gasteiger partial charge in [0.25, 0.3) is 0 Å². The molecule has 1 aliphatic rings. The zero-order valence-electron chi connectivity index (χ0n) is 18.5. The van der Waals surface area contributed by atoms with E-state index >= 15 is 0 Å². The Labute approximate surface area is 185 Å². The first-order valence-corrected chi connectivity index (χ1v) is 10.5. The van der Waals surface area contributed by atoms with Gasteiger partial charge in [-0.2, -0.15) is 10.1 Å². The minimum Gasteiger partial charge on any atom is -0.370 e. The van der Waals surface area contributed by atoms with Crippen LogP contribution in [0.15, 0.2) is 30.6 Å². The molecule has 32 heavy (non-hydrogen) atoms. The summed E-state index contributed by atoms with van der Waals surface area (Å²) >= 11 is 0. The van der Waals surface area contributed by atoms with Crippen molar-refractivity contribution < 1.29 is 9.13 Å². The van der Waals surface area contributed by atoms with Gasteiger partial charge < -0.3 is 9.64 Å². The van der Waals surface area contributed by atoms with Crippen molar-refractivity contribution in [3.8, 4) is 11.3 Å². The number of anilines is 1. The molecule has 0 amide bonds. The number of halogens is 1. The molecule has 9 heteroatoms. The van der Waals surface area contributed by atoms with Crippen LogP contribution in [0.25, 0.3) is 22.4 Å². The van der Waals surface area contributed by atoms with E-state index in [-0.39, 0.29) is 11.9 Å². The van der Waals surface area contributed by atoms with E-state index in [1.54, 1.807) is 16.9 Å². The minimum atomic E-state index is -0.341. The maximum Gasteiger partial charge on any atom is 0.228 e. The first kappa shape index (κ1) is 20.4. The lowest BCUT2D eigenvalue weighted by Gasteiger charge is -2.32. The third-order valence-electron chi connectivity index (χ3n) is 5.76. The Morgan fingerprint density at radius 2 is 1.88 bits per heavy atom. The van der Waals surface area contributed by atoms with Gasteiger partial charge >= 0.3 is 0 Å². The highest BCUT2D eigenvalue weighted by Crippen LogP contribution is 2.31. The van der Waals surface area contributed by atoms with E-state index < -0.39 is 0 Å². The second kappa shape index (κ2) is 7.90. The van der Waals surface area contributed by atoms with Crippen molar-refractivity contribution in [1.82, 2.24) is 29.7 Å². The zero-order valence-corrected chi connectivity index (χ0v) is 18.5. The SMILES string of the molecule is Cc1ccc(-c2nc(N3CCO[C@H](c4cnn(C)c4)C3)nc3nc(C)c(C)nc23)c(F)c1. The molecule has 3 aromatic heterocycles. The number of benzene rings is 1. The molecule has 0 radical (unpaired) electrons. The average Bonchev–Trinajstić information content (AvgIpc) is 3.21. The number of fused-ring (bicyclic) bond motifs is 1. The minimum absolute atomic E-state index is 0.151. The first-order chi connectivity index (χ1) is 15.4. The van der Waals surface area contributed by atoms with Gasteiger partial charge in [0.2, 0.25) is 5.95 Å². The molecule has 0 saturated carbocycles. The lowest BCUT2D eigenvalue weighted by atomic mass is 10.1. The Hall–Kier alpha value is -3.46. The Kier molecular flexibility index (Phi) is 5.05. The standard InChI is InChI=1S/C23H24FN7O/c1-13-5-6-17(18(24)9-13)20-21-22(27-15(3)14(2)26-21)29-23(28-20)31-7-8-32-19(12-31)16-10-25-30(4)11-16/h5-6,9-11,19H,7-8,12H2,1-4H3/t19-/m0/s1. The van der Waals surface area contributed by atoms with Crippen LogP contribution in [0.1, 0.15) is 28.6 Å². The molecule has 1 aromatic carbocycles. The highest BCUT2D eigenvalue weighted by molar-refractivity contribution is 5.88. The number of hydrogen-bond acceptors (Lipinski definition) is 7. The van der Waals surface area contributed by atoms with Crippen molar-refractivity contribution in [3.63, 3.8) is 0 Å². The molecule has 1 saturated heterocycles. The Bertz CT molecular complexity index is 1320. The highest BCUT2D eigenvalue weighted by atomic mass is 19.1. The molecule has 4 heterocycles. The fourth-order valence-corrected chi connectivity index (χ4v) is 3.88. The molecule has 8 nitrogen and oxygen atoms in total. The molecule has 164 valence electrons. The molecule has 1 atom stereocenters. The predicted octanol–water partition coefficient (Wildman–Crippen LogP) is 3.46. The van der Waals surface area contributed by atoms with Crippen LogP contribution in [-0.4, -0.2) is 49.4 Å². The van der Waals surface area contributed by atoms with Crippen LogP contribution in [0.3, 0.4) is 0 Å². The second-order valence-electron chi connectivity index (χ2n) is 8.17. The number of hydrogen-bond donors (Lipinski definition) is 0. The molecule has 0 aliphatic carbocycles. The molecule has 5 rings (SSSR count). The highest BCUT2D eigenvalue weighted by Gasteiger charge is 2.27. The van der Waals surface area contributed by atoms with Gasteiger partial charge in [-0.05, 0) is 38.5 Å². The number of morpholine rings is 1. The fraction of sp³-hybridized carbons (Fsp3) is 0.348. The maximum atomic E-state index is 15.0. The average molecular weight is 433 g/mol. The molecule has 0 spiro atoms. The summed E-state index contributed by atoms with van der Waals surface area (Å²) in [5, 5.41) is 4.25. The summed E-state index contributed by atoms with van der Waals surface area (Å²) in [4.78, 5) is 20.8.